The van der Waals surface area contributed by atoms with Gasteiger partial charge in [0.1, 0.15) is 0 Å². The lowest BCUT2D eigenvalue weighted by Gasteiger charge is -2.10. The van der Waals surface area contributed by atoms with Crippen molar-refractivity contribution >= 4 is 5.97 Å². The maximum Gasteiger partial charge on any atom is 0.303 e. The predicted octanol–water partition coefficient (Wildman–Crippen LogP) is 3.34. The first-order valence-corrected chi connectivity index (χ1v) is 7.16. The van der Waals surface area contributed by atoms with E-state index in [2.05, 4.69) is 29.0 Å². The number of hydrogen-bond acceptors (Lipinski definition) is 3. The van der Waals surface area contributed by atoms with Gasteiger partial charge in [0.2, 0.25) is 0 Å². The van der Waals surface area contributed by atoms with Gasteiger partial charge in [-0.15, -0.1) is 0 Å². The molecule has 2 aromatic rings. The first-order valence-electron chi connectivity index (χ1n) is 7.16. The highest BCUT2D eigenvalue weighted by Crippen LogP contribution is 2.20. The lowest BCUT2D eigenvalue weighted by atomic mass is 10.1. The second kappa shape index (κ2) is 6.48. The minimum Gasteiger partial charge on any atom is -0.481 e. The van der Waals surface area contributed by atoms with Crippen LogP contribution in [0.4, 0.5) is 0 Å². The molecule has 0 radical (unpaired) electrons. The van der Waals surface area contributed by atoms with Gasteiger partial charge in [-0.25, -0.2) is 9.97 Å². The quantitative estimate of drug-likeness (QED) is 0.914. The van der Waals surface area contributed by atoms with Gasteiger partial charge in [0.15, 0.2) is 5.82 Å². The van der Waals surface area contributed by atoms with Gasteiger partial charge in [-0.2, -0.15) is 0 Å². The van der Waals surface area contributed by atoms with Crippen molar-refractivity contribution in [3.05, 3.63) is 46.8 Å². The molecule has 1 heterocycles. The molecular formula is C17H20N2O2. The first kappa shape index (κ1) is 15.2. The number of aromatic nitrogens is 2. The molecule has 0 saturated carbocycles. The van der Waals surface area contributed by atoms with Gasteiger partial charge in [0.25, 0.3) is 0 Å². The average Bonchev–Trinajstić information content (AvgIpc) is 2.46. The van der Waals surface area contributed by atoms with E-state index in [0.717, 1.165) is 28.9 Å². The molecule has 21 heavy (non-hydrogen) atoms. The number of aryl methyl sites for hydroxylation is 3. The maximum absolute atomic E-state index is 10.7. The smallest absolute Gasteiger partial charge is 0.303 e. The Morgan fingerprint density at radius 1 is 1.10 bits per heavy atom. The van der Waals surface area contributed by atoms with Crippen LogP contribution >= 0.6 is 0 Å². The van der Waals surface area contributed by atoms with Gasteiger partial charge in [0, 0.05) is 23.4 Å². The maximum atomic E-state index is 10.7. The van der Waals surface area contributed by atoms with Crippen molar-refractivity contribution in [2.24, 2.45) is 0 Å². The Hall–Kier alpha value is -2.23. The van der Waals surface area contributed by atoms with Crippen molar-refractivity contribution in [3.63, 3.8) is 0 Å². The summed E-state index contributed by atoms with van der Waals surface area (Å²) >= 11 is 0. The van der Waals surface area contributed by atoms with Crippen LogP contribution < -0.4 is 0 Å². The van der Waals surface area contributed by atoms with Gasteiger partial charge in [-0.05, 0) is 37.8 Å². The Balaban J connectivity index is 2.31. The molecule has 0 fully saturated rings. The van der Waals surface area contributed by atoms with Crippen molar-refractivity contribution in [2.75, 3.05) is 0 Å². The summed E-state index contributed by atoms with van der Waals surface area (Å²) in [7, 11) is 0. The summed E-state index contributed by atoms with van der Waals surface area (Å²) in [5, 5.41) is 8.80. The molecule has 0 saturated heterocycles. The van der Waals surface area contributed by atoms with E-state index in [1.807, 2.05) is 26.0 Å². The molecule has 110 valence electrons. The molecule has 0 unspecified atom stereocenters. The fraction of sp³-hybridized carbons (Fsp3) is 0.353. The van der Waals surface area contributed by atoms with Crippen LogP contribution in [0.1, 0.15) is 35.9 Å². The second-order valence-corrected chi connectivity index (χ2v) is 5.14. The Kier molecular flexibility index (Phi) is 4.68. The Morgan fingerprint density at radius 2 is 1.67 bits per heavy atom. The van der Waals surface area contributed by atoms with Gasteiger partial charge >= 0.3 is 5.97 Å². The molecule has 1 aromatic heterocycles. The highest BCUT2D eigenvalue weighted by atomic mass is 16.4. The number of aliphatic carboxylic acids is 1. The SMILES string of the molecule is CCc1ccc(-c2nc(C)c(CCC(=O)O)c(C)n2)cc1. The molecule has 0 aliphatic rings. The molecule has 0 atom stereocenters. The zero-order chi connectivity index (χ0) is 15.4. The third-order valence-electron chi connectivity index (χ3n) is 3.63. The molecule has 0 aliphatic heterocycles. The van der Waals surface area contributed by atoms with Crippen LogP contribution in [-0.4, -0.2) is 21.0 Å². The van der Waals surface area contributed by atoms with Crippen molar-refractivity contribution in [2.45, 2.75) is 40.0 Å². The van der Waals surface area contributed by atoms with E-state index in [9.17, 15) is 4.79 Å². The van der Waals surface area contributed by atoms with Gasteiger partial charge in [-0.1, -0.05) is 31.2 Å². The molecule has 4 heteroatoms. The number of carboxylic acids is 1. The van der Waals surface area contributed by atoms with E-state index in [1.165, 1.54) is 5.56 Å². The van der Waals surface area contributed by atoms with Crippen molar-refractivity contribution < 1.29 is 9.90 Å². The summed E-state index contributed by atoms with van der Waals surface area (Å²) in [6, 6.07) is 8.23. The Bertz CT molecular complexity index is 625. The summed E-state index contributed by atoms with van der Waals surface area (Å²) in [4.78, 5) is 19.8. The third-order valence-corrected chi connectivity index (χ3v) is 3.63. The number of hydrogen-bond donors (Lipinski definition) is 1. The monoisotopic (exact) mass is 284 g/mol. The molecule has 1 aromatic carbocycles. The molecule has 4 nitrogen and oxygen atoms in total. The summed E-state index contributed by atoms with van der Waals surface area (Å²) in [6.45, 7) is 5.95. The Labute approximate surface area is 124 Å². The zero-order valence-corrected chi connectivity index (χ0v) is 12.7. The molecular weight excluding hydrogens is 264 g/mol. The fourth-order valence-corrected chi connectivity index (χ4v) is 2.35. The van der Waals surface area contributed by atoms with E-state index in [4.69, 9.17) is 5.11 Å². The van der Waals surface area contributed by atoms with Crippen LogP contribution in [0.25, 0.3) is 11.4 Å². The minimum atomic E-state index is -0.798. The van der Waals surface area contributed by atoms with E-state index >= 15 is 0 Å². The van der Waals surface area contributed by atoms with Gasteiger partial charge < -0.3 is 5.11 Å². The average molecular weight is 284 g/mol. The normalized spacial score (nSPS) is 10.6. The zero-order valence-electron chi connectivity index (χ0n) is 12.7. The largest absolute Gasteiger partial charge is 0.481 e. The highest BCUT2D eigenvalue weighted by molar-refractivity contribution is 5.67. The summed E-state index contributed by atoms with van der Waals surface area (Å²) in [6.07, 6.45) is 1.59. The number of benzene rings is 1. The lowest BCUT2D eigenvalue weighted by molar-refractivity contribution is -0.136. The third kappa shape index (κ3) is 3.66. The van der Waals surface area contributed by atoms with E-state index in [-0.39, 0.29) is 6.42 Å². The highest BCUT2D eigenvalue weighted by Gasteiger charge is 2.11. The van der Waals surface area contributed by atoms with E-state index < -0.39 is 5.97 Å². The number of nitrogens with zero attached hydrogens (tertiary/aromatic N) is 2. The standard InChI is InChI=1S/C17H20N2O2/c1-4-13-5-7-14(8-6-13)17-18-11(2)15(12(3)19-17)9-10-16(20)21/h5-8H,4,9-10H2,1-3H3,(H,20,21). The molecule has 1 N–H and O–H groups in total. The van der Waals surface area contributed by atoms with Crippen LogP contribution in [0.15, 0.2) is 24.3 Å². The lowest BCUT2D eigenvalue weighted by Crippen LogP contribution is -2.06. The van der Waals surface area contributed by atoms with Crippen LogP contribution in [-0.2, 0) is 17.6 Å². The van der Waals surface area contributed by atoms with Crippen molar-refractivity contribution in [3.8, 4) is 11.4 Å². The summed E-state index contributed by atoms with van der Waals surface area (Å²) in [5.41, 5.74) is 4.93. The number of carbonyl (C=O) groups is 1. The van der Waals surface area contributed by atoms with E-state index in [0.29, 0.717) is 12.2 Å². The van der Waals surface area contributed by atoms with E-state index in [1.54, 1.807) is 0 Å². The topological polar surface area (TPSA) is 63.1 Å². The van der Waals surface area contributed by atoms with Gasteiger partial charge in [-0.3, -0.25) is 4.79 Å². The molecule has 2 rings (SSSR count). The predicted molar refractivity (Wildman–Crippen MR) is 82.3 cm³/mol. The second-order valence-electron chi connectivity index (χ2n) is 5.14. The number of carboxylic acid groups (broad SMARTS) is 1. The summed E-state index contributed by atoms with van der Waals surface area (Å²) in [5.74, 6) is -0.0974. The first-order chi connectivity index (χ1) is 10.0. The van der Waals surface area contributed by atoms with Crippen molar-refractivity contribution in [1.82, 2.24) is 9.97 Å². The summed E-state index contributed by atoms with van der Waals surface area (Å²) < 4.78 is 0. The van der Waals surface area contributed by atoms with Crippen LogP contribution in [0.3, 0.4) is 0 Å². The minimum absolute atomic E-state index is 0.107. The van der Waals surface area contributed by atoms with Gasteiger partial charge in [0.05, 0.1) is 0 Å². The number of rotatable bonds is 5. The molecule has 0 aliphatic carbocycles. The van der Waals surface area contributed by atoms with Crippen LogP contribution in [0.2, 0.25) is 0 Å². The molecule has 0 amide bonds. The molecule has 0 bridgehead atoms. The Morgan fingerprint density at radius 3 is 2.14 bits per heavy atom. The van der Waals surface area contributed by atoms with Crippen molar-refractivity contribution in [1.29, 1.82) is 0 Å². The fourth-order valence-electron chi connectivity index (χ4n) is 2.35. The van der Waals surface area contributed by atoms with Crippen LogP contribution in [0.5, 0.6) is 0 Å². The molecule has 0 spiro atoms. The van der Waals surface area contributed by atoms with Crippen LogP contribution in [0, 0.1) is 13.8 Å².